The minimum Gasteiger partial charge on any atom is -0.393 e. The summed E-state index contributed by atoms with van der Waals surface area (Å²) in [6.07, 6.45) is 16.7. The van der Waals surface area contributed by atoms with Gasteiger partial charge >= 0.3 is 0 Å². The van der Waals surface area contributed by atoms with Crippen molar-refractivity contribution in [2.24, 2.45) is 63.0 Å². The van der Waals surface area contributed by atoms with Gasteiger partial charge in [0.2, 0.25) is 0 Å². The van der Waals surface area contributed by atoms with Gasteiger partial charge in [-0.05, 0) is 144 Å². The van der Waals surface area contributed by atoms with Gasteiger partial charge in [0.1, 0.15) is 6.23 Å². The number of fused-ring (bicyclic) bond motifs is 4. The average molecular weight is 598 g/mol. The van der Waals surface area contributed by atoms with E-state index in [0.717, 1.165) is 51.4 Å². The lowest BCUT2D eigenvalue weighted by atomic mass is 9.46. The molecule has 242 valence electrons. The third-order valence-electron chi connectivity index (χ3n) is 14.9. The number of aliphatic hydroxyl groups excluding tert-OH is 2. The van der Waals surface area contributed by atoms with Crippen LogP contribution in [0.2, 0.25) is 0 Å². The van der Waals surface area contributed by atoms with E-state index in [2.05, 4.69) is 24.2 Å². The number of aliphatic imine (C=N–C) groups is 1. The molecule has 43 heavy (non-hydrogen) atoms. The Hall–Kier alpha value is -1.15. The standard InChI is InChI=1S/C36H59N3O4/c1-21-16-35(14-11-24(17-35)23-6-7-25-9-10-27(40)19-36(25,42)18-23)31-34(3,43-31)13-12-29-28(21)20-33(29,2)26-8-5-22(15-26)30(41)39-32(37)38-4/h22-31,40-42H,1,5-20H2,2-4H3,(H3,37,38,39). The molecule has 7 aliphatic rings. The predicted octanol–water partition coefficient (Wildman–Crippen LogP) is 5.27. The Morgan fingerprint density at radius 2 is 1.72 bits per heavy atom. The van der Waals surface area contributed by atoms with E-state index in [9.17, 15) is 15.3 Å². The number of nitrogens with zero attached hydrogens (tertiary/aromatic N) is 1. The molecule has 7 fully saturated rings. The Morgan fingerprint density at radius 1 is 0.977 bits per heavy atom. The molecule has 0 aromatic rings. The van der Waals surface area contributed by atoms with Crippen molar-refractivity contribution in [3.8, 4) is 0 Å². The summed E-state index contributed by atoms with van der Waals surface area (Å²) < 4.78 is 6.73. The van der Waals surface area contributed by atoms with Crippen LogP contribution in [0.5, 0.6) is 0 Å². The van der Waals surface area contributed by atoms with Crippen LogP contribution in [0, 0.1) is 52.3 Å². The van der Waals surface area contributed by atoms with E-state index >= 15 is 0 Å². The molecule has 0 radical (unpaired) electrons. The molecule has 14 atom stereocenters. The van der Waals surface area contributed by atoms with Crippen molar-refractivity contribution >= 4 is 5.96 Å². The Morgan fingerprint density at radius 3 is 2.51 bits per heavy atom. The molecule has 6 saturated carbocycles. The van der Waals surface area contributed by atoms with Gasteiger partial charge in [0.15, 0.2) is 5.96 Å². The molecule has 1 saturated heterocycles. The maximum atomic E-state index is 11.6. The zero-order valence-electron chi connectivity index (χ0n) is 27.1. The van der Waals surface area contributed by atoms with E-state index in [1.807, 2.05) is 0 Å². The first-order chi connectivity index (χ1) is 20.4. The number of epoxide rings is 1. The van der Waals surface area contributed by atoms with Gasteiger partial charge in [0, 0.05) is 24.8 Å². The second-order valence-electron chi connectivity index (χ2n) is 17.2. The lowest BCUT2D eigenvalue weighted by Crippen LogP contribution is -2.51. The molecule has 14 unspecified atom stereocenters. The zero-order chi connectivity index (χ0) is 30.4. The third-order valence-corrected chi connectivity index (χ3v) is 14.9. The number of nitrogens with two attached hydrogens (primary N) is 1. The zero-order valence-corrected chi connectivity index (χ0v) is 27.1. The number of hydrogen-bond acceptors (Lipinski definition) is 5. The van der Waals surface area contributed by atoms with E-state index < -0.39 is 11.8 Å². The molecule has 1 spiro atoms. The van der Waals surface area contributed by atoms with Gasteiger partial charge in [-0.25, -0.2) is 0 Å². The number of guanidine groups is 1. The van der Waals surface area contributed by atoms with Gasteiger partial charge < -0.3 is 31.1 Å². The van der Waals surface area contributed by atoms with Crippen molar-refractivity contribution in [2.75, 3.05) is 7.05 Å². The molecule has 7 rings (SSSR count). The molecular weight excluding hydrogens is 538 g/mol. The number of ether oxygens (including phenoxy) is 1. The molecule has 6 aliphatic carbocycles. The van der Waals surface area contributed by atoms with Crippen molar-refractivity contribution < 1.29 is 20.1 Å². The van der Waals surface area contributed by atoms with Crippen LogP contribution in [-0.2, 0) is 4.74 Å². The number of allylic oxidation sites excluding steroid dienone is 1. The van der Waals surface area contributed by atoms with Gasteiger partial charge in [0.25, 0.3) is 0 Å². The molecule has 0 bridgehead atoms. The molecule has 1 heterocycles. The third kappa shape index (κ3) is 5.11. The highest BCUT2D eigenvalue weighted by Gasteiger charge is 2.67. The van der Waals surface area contributed by atoms with Crippen LogP contribution >= 0.6 is 0 Å². The van der Waals surface area contributed by atoms with Crippen LogP contribution in [0.1, 0.15) is 117 Å². The Labute approximate surface area is 259 Å². The van der Waals surface area contributed by atoms with Gasteiger partial charge in [-0.15, -0.1) is 0 Å². The second kappa shape index (κ2) is 10.7. The molecule has 0 aromatic carbocycles. The summed E-state index contributed by atoms with van der Waals surface area (Å²) in [5.41, 5.74) is 7.14. The Bertz CT molecular complexity index is 1130. The molecule has 0 amide bonds. The number of nitrogens with one attached hydrogen (secondary N) is 1. The van der Waals surface area contributed by atoms with Crippen LogP contribution in [0.15, 0.2) is 17.1 Å². The average Bonchev–Trinajstić information content (AvgIpc) is 3.29. The van der Waals surface area contributed by atoms with E-state index in [4.69, 9.17) is 17.0 Å². The molecule has 0 aromatic heterocycles. The maximum absolute atomic E-state index is 11.6. The fraction of sp³-hybridized carbons (Fsp3) is 0.917. The summed E-state index contributed by atoms with van der Waals surface area (Å²) in [7, 11) is 1.65. The van der Waals surface area contributed by atoms with Crippen LogP contribution in [0.4, 0.5) is 0 Å². The monoisotopic (exact) mass is 597 g/mol. The SMILES string of the molecule is C=C1CC2(CCC(C3CCC4CCC(O)CC4(O)C3)C2)C2OC2(C)CCC2C1CC2(C)C1CCC(C(O)NC(N)=NC)C1. The second-order valence-corrected chi connectivity index (χ2v) is 17.2. The van der Waals surface area contributed by atoms with Crippen molar-refractivity contribution in [3.63, 3.8) is 0 Å². The minimum absolute atomic E-state index is 0.0146. The summed E-state index contributed by atoms with van der Waals surface area (Å²) in [6, 6.07) is 0. The van der Waals surface area contributed by atoms with E-state index in [0.29, 0.717) is 59.4 Å². The van der Waals surface area contributed by atoms with Gasteiger partial charge in [-0.2, -0.15) is 0 Å². The molecule has 1 aliphatic heterocycles. The van der Waals surface area contributed by atoms with Gasteiger partial charge in [-0.1, -0.05) is 19.1 Å². The summed E-state index contributed by atoms with van der Waals surface area (Å²) in [4.78, 5) is 3.97. The molecule has 7 nitrogen and oxygen atoms in total. The Balaban J connectivity index is 1.03. The summed E-state index contributed by atoms with van der Waals surface area (Å²) in [5.74, 6) is 4.00. The first-order valence-corrected chi connectivity index (χ1v) is 17.8. The molecule has 7 heteroatoms. The smallest absolute Gasteiger partial charge is 0.190 e. The van der Waals surface area contributed by atoms with Crippen LogP contribution in [0.3, 0.4) is 0 Å². The van der Waals surface area contributed by atoms with E-state index in [-0.39, 0.29) is 23.0 Å². The molecule has 6 N–H and O–H groups in total. The molecular formula is C36H59N3O4. The minimum atomic E-state index is -0.659. The van der Waals surface area contributed by atoms with E-state index in [1.165, 1.54) is 50.5 Å². The first-order valence-electron chi connectivity index (χ1n) is 17.8. The van der Waals surface area contributed by atoms with Crippen LogP contribution < -0.4 is 11.1 Å². The van der Waals surface area contributed by atoms with Crippen molar-refractivity contribution in [1.82, 2.24) is 5.32 Å². The number of aliphatic hydroxyl groups is 3. The topological polar surface area (TPSA) is 124 Å². The highest BCUT2D eigenvalue weighted by atomic mass is 16.6. The maximum Gasteiger partial charge on any atom is 0.190 e. The fourth-order valence-electron chi connectivity index (χ4n) is 12.4. The highest BCUT2D eigenvalue weighted by Crippen LogP contribution is 2.69. The van der Waals surface area contributed by atoms with Crippen molar-refractivity contribution in [1.29, 1.82) is 0 Å². The first kappa shape index (κ1) is 30.5. The number of rotatable bonds is 4. The Kier molecular flexibility index (Phi) is 7.59. The largest absolute Gasteiger partial charge is 0.393 e. The van der Waals surface area contributed by atoms with Crippen molar-refractivity contribution in [3.05, 3.63) is 12.2 Å². The van der Waals surface area contributed by atoms with Gasteiger partial charge in [-0.3, -0.25) is 4.99 Å². The lowest BCUT2D eigenvalue weighted by molar-refractivity contribution is -0.127. The van der Waals surface area contributed by atoms with Gasteiger partial charge in [0.05, 0.1) is 23.4 Å². The van der Waals surface area contributed by atoms with Crippen LogP contribution in [-0.4, -0.2) is 58.0 Å². The van der Waals surface area contributed by atoms with Crippen molar-refractivity contribution in [2.45, 2.75) is 146 Å². The predicted molar refractivity (Wildman–Crippen MR) is 169 cm³/mol. The summed E-state index contributed by atoms with van der Waals surface area (Å²) in [6.45, 7) is 9.74. The quantitative estimate of drug-likeness (QED) is 0.0989. The number of hydrogen-bond donors (Lipinski definition) is 5. The lowest BCUT2D eigenvalue weighted by Gasteiger charge is -2.58. The van der Waals surface area contributed by atoms with Crippen LogP contribution in [0.25, 0.3) is 0 Å². The highest BCUT2D eigenvalue weighted by molar-refractivity contribution is 5.77. The normalized spacial score (nSPS) is 54.0. The fourth-order valence-corrected chi connectivity index (χ4v) is 12.4. The summed E-state index contributed by atoms with van der Waals surface area (Å²) >= 11 is 0. The summed E-state index contributed by atoms with van der Waals surface area (Å²) in [5, 5.41) is 35.8. The van der Waals surface area contributed by atoms with E-state index in [1.54, 1.807) is 7.05 Å².